The van der Waals surface area contributed by atoms with E-state index in [4.69, 9.17) is 27.9 Å². The fourth-order valence-corrected chi connectivity index (χ4v) is 5.94. The molecule has 2 heterocycles. The molecule has 11 heteroatoms. The summed E-state index contributed by atoms with van der Waals surface area (Å²) in [6.45, 7) is 3.39. The number of piperazine rings is 1. The van der Waals surface area contributed by atoms with E-state index in [9.17, 15) is 13.2 Å². The Morgan fingerprint density at radius 2 is 1.61 bits per heavy atom. The zero-order chi connectivity index (χ0) is 28.8. The summed E-state index contributed by atoms with van der Waals surface area (Å²) >= 11 is 12.4. The maximum absolute atomic E-state index is 13.5. The summed E-state index contributed by atoms with van der Waals surface area (Å²) in [6, 6.07) is 21.5. The van der Waals surface area contributed by atoms with Gasteiger partial charge in [-0.25, -0.2) is 8.42 Å². The zero-order valence-corrected chi connectivity index (χ0v) is 24.4. The normalized spacial score (nSPS) is 14.0. The van der Waals surface area contributed by atoms with Crippen LogP contribution in [0.3, 0.4) is 0 Å². The molecule has 1 aliphatic heterocycles. The standard InChI is InChI=1S/C30H28Cl2N4O4S/c31-23-5-10-28(34-41(38,39)25-8-6-24(7-9-25)40-29-4-2-1-3-27(29)32)26(21-23)30(37)36-19-17-35(18-20-36)16-13-22-11-14-33-15-12-22/h1-12,14-15,21,34H,13,16-20H2. The van der Waals surface area contributed by atoms with Crippen LogP contribution in [0.25, 0.3) is 0 Å². The molecule has 5 rings (SSSR count). The van der Waals surface area contributed by atoms with Crippen molar-refractivity contribution >= 4 is 44.8 Å². The van der Waals surface area contributed by atoms with E-state index in [0.717, 1.165) is 26.1 Å². The molecular formula is C30H28Cl2N4O4S. The highest BCUT2D eigenvalue weighted by molar-refractivity contribution is 7.92. The average molecular weight is 612 g/mol. The molecule has 1 N–H and O–H groups in total. The van der Waals surface area contributed by atoms with Gasteiger partial charge in [-0.15, -0.1) is 0 Å². The van der Waals surface area contributed by atoms with Gasteiger partial charge in [-0.3, -0.25) is 19.4 Å². The molecule has 8 nitrogen and oxygen atoms in total. The minimum Gasteiger partial charge on any atom is -0.456 e. The maximum atomic E-state index is 13.5. The van der Waals surface area contributed by atoms with Gasteiger partial charge in [0.1, 0.15) is 11.5 Å². The molecule has 4 aromatic rings. The number of nitrogens with zero attached hydrogens (tertiary/aromatic N) is 3. The van der Waals surface area contributed by atoms with Crippen molar-refractivity contribution in [3.8, 4) is 11.5 Å². The van der Waals surface area contributed by atoms with Crippen LogP contribution in [0, 0.1) is 0 Å². The predicted molar refractivity (Wildman–Crippen MR) is 161 cm³/mol. The first-order valence-electron chi connectivity index (χ1n) is 13.0. The molecule has 1 aromatic heterocycles. The zero-order valence-electron chi connectivity index (χ0n) is 22.0. The number of carbonyl (C=O) groups excluding carboxylic acids is 1. The maximum Gasteiger partial charge on any atom is 0.261 e. The molecule has 212 valence electrons. The molecule has 1 aliphatic rings. The molecule has 0 atom stereocenters. The monoisotopic (exact) mass is 610 g/mol. The molecule has 1 fully saturated rings. The van der Waals surface area contributed by atoms with E-state index in [-0.39, 0.29) is 22.1 Å². The number of sulfonamides is 1. The first-order chi connectivity index (χ1) is 19.8. The third kappa shape index (κ3) is 7.37. The Hall–Kier alpha value is -3.63. The summed E-state index contributed by atoms with van der Waals surface area (Å²) < 4.78 is 34.8. The van der Waals surface area contributed by atoms with Crippen molar-refractivity contribution in [1.82, 2.24) is 14.8 Å². The van der Waals surface area contributed by atoms with Crippen molar-refractivity contribution in [2.45, 2.75) is 11.3 Å². The number of rotatable bonds is 9. The van der Waals surface area contributed by atoms with Gasteiger partial charge in [0.15, 0.2) is 0 Å². The predicted octanol–water partition coefficient (Wildman–Crippen LogP) is 5.98. The minimum atomic E-state index is -4.01. The van der Waals surface area contributed by atoms with E-state index < -0.39 is 10.0 Å². The Bertz CT molecular complexity index is 1610. The Kier molecular flexibility index (Phi) is 9.09. The highest BCUT2D eigenvalue weighted by atomic mass is 35.5. The van der Waals surface area contributed by atoms with Gasteiger partial charge in [-0.05, 0) is 78.7 Å². The lowest BCUT2D eigenvalue weighted by Crippen LogP contribution is -2.49. The van der Waals surface area contributed by atoms with Crippen molar-refractivity contribution in [2.24, 2.45) is 0 Å². The van der Waals surface area contributed by atoms with Crippen molar-refractivity contribution in [3.05, 3.63) is 112 Å². The number of nitrogens with one attached hydrogen (secondary N) is 1. The van der Waals surface area contributed by atoms with E-state index in [1.165, 1.54) is 29.8 Å². The largest absolute Gasteiger partial charge is 0.456 e. The van der Waals surface area contributed by atoms with Crippen molar-refractivity contribution in [1.29, 1.82) is 0 Å². The number of hydrogen-bond donors (Lipinski definition) is 1. The molecule has 0 unspecified atom stereocenters. The van der Waals surface area contributed by atoms with Crippen molar-refractivity contribution in [3.63, 3.8) is 0 Å². The van der Waals surface area contributed by atoms with E-state index in [2.05, 4.69) is 14.6 Å². The fraction of sp³-hybridized carbons (Fsp3) is 0.200. The number of pyridine rings is 1. The molecule has 0 spiro atoms. The second-order valence-electron chi connectivity index (χ2n) is 9.54. The van der Waals surface area contributed by atoms with E-state index >= 15 is 0 Å². The number of ether oxygens (including phenoxy) is 1. The first-order valence-corrected chi connectivity index (χ1v) is 15.3. The highest BCUT2D eigenvalue weighted by Crippen LogP contribution is 2.30. The SMILES string of the molecule is O=C(c1cc(Cl)ccc1NS(=O)(=O)c1ccc(Oc2ccccc2Cl)cc1)N1CCN(CCc2ccncc2)CC1. The first kappa shape index (κ1) is 28.9. The number of halogens is 2. The number of benzene rings is 3. The third-order valence-electron chi connectivity index (χ3n) is 6.78. The van der Waals surface area contributed by atoms with E-state index in [1.54, 1.807) is 59.8 Å². The van der Waals surface area contributed by atoms with Crippen molar-refractivity contribution in [2.75, 3.05) is 37.4 Å². The molecule has 3 aromatic carbocycles. The smallest absolute Gasteiger partial charge is 0.261 e. The summed E-state index contributed by atoms with van der Waals surface area (Å²) in [5.41, 5.74) is 1.58. The number of para-hydroxylation sites is 1. The molecule has 1 amide bonds. The van der Waals surface area contributed by atoms with E-state index in [0.29, 0.717) is 34.6 Å². The Morgan fingerprint density at radius 3 is 2.32 bits per heavy atom. The van der Waals surface area contributed by atoms with Crippen LogP contribution >= 0.6 is 23.2 Å². The number of aromatic nitrogens is 1. The summed E-state index contributed by atoms with van der Waals surface area (Å²) in [5.74, 6) is 0.614. The fourth-order valence-electron chi connectivity index (χ4n) is 4.51. The van der Waals surface area contributed by atoms with Gasteiger partial charge in [0.05, 0.1) is 21.2 Å². The second-order valence-corrected chi connectivity index (χ2v) is 12.1. The number of carbonyl (C=O) groups is 1. The molecule has 0 bridgehead atoms. The van der Waals surface area contributed by atoms with Crippen LogP contribution in [0.5, 0.6) is 11.5 Å². The molecule has 0 saturated carbocycles. The van der Waals surface area contributed by atoms with Crippen LogP contribution in [-0.4, -0.2) is 61.8 Å². The lowest BCUT2D eigenvalue weighted by Gasteiger charge is -2.35. The van der Waals surface area contributed by atoms with Crippen LogP contribution in [0.2, 0.25) is 10.0 Å². The van der Waals surface area contributed by atoms with Gasteiger partial charge in [0.25, 0.3) is 15.9 Å². The van der Waals surface area contributed by atoms with Crippen molar-refractivity contribution < 1.29 is 17.9 Å². The Morgan fingerprint density at radius 1 is 0.902 bits per heavy atom. The number of anilines is 1. The summed E-state index contributed by atoms with van der Waals surface area (Å²) in [6.07, 6.45) is 4.48. The summed E-state index contributed by atoms with van der Waals surface area (Å²) in [5, 5.41) is 0.783. The molecule has 41 heavy (non-hydrogen) atoms. The van der Waals surface area contributed by atoms with Gasteiger partial charge in [0, 0.05) is 50.1 Å². The van der Waals surface area contributed by atoms with Crippen LogP contribution < -0.4 is 9.46 Å². The summed E-state index contributed by atoms with van der Waals surface area (Å²) in [4.78, 5) is 21.6. The van der Waals surface area contributed by atoms with Gasteiger partial charge in [-0.1, -0.05) is 35.3 Å². The molecular weight excluding hydrogens is 583 g/mol. The third-order valence-corrected chi connectivity index (χ3v) is 8.71. The molecule has 0 aliphatic carbocycles. The van der Waals surface area contributed by atoms with Crippen LogP contribution in [0.1, 0.15) is 15.9 Å². The quantitative estimate of drug-likeness (QED) is 0.250. The van der Waals surface area contributed by atoms with Gasteiger partial charge < -0.3 is 9.64 Å². The molecule has 1 saturated heterocycles. The Balaban J connectivity index is 1.24. The topological polar surface area (TPSA) is 91.8 Å². The molecule has 0 radical (unpaired) electrons. The lowest BCUT2D eigenvalue weighted by molar-refractivity contribution is 0.0639. The summed E-state index contributed by atoms with van der Waals surface area (Å²) in [7, 11) is -4.01. The minimum absolute atomic E-state index is 0.0140. The average Bonchev–Trinajstić information content (AvgIpc) is 2.99. The van der Waals surface area contributed by atoms with Gasteiger partial charge in [-0.2, -0.15) is 0 Å². The Labute approximate surface area is 249 Å². The van der Waals surface area contributed by atoms with Gasteiger partial charge >= 0.3 is 0 Å². The van der Waals surface area contributed by atoms with Crippen LogP contribution in [0.15, 0.2) is 96.2 Å². The number of amides is 1. The van der Waals surface area contributed by atoms with Crippen LogP contribution in [0.4, 0.5) is 5.69 Å². The lowest BCUT2D eigenvalue weighted by atomic mass is 10.1. The van der Waals surface area contributed by atoms with Gasteiger partial charge in [0.2, 0.25) is 0 Å². The van der Waals surface area contributed by atoms with E-state index in [1.807, 2.05) is 12.1 Å². The highest BCUT2D eigenvalue weighted by Gasteiger charge is 2.26. The number of hydrogen-bond acceptors (Lipinski definition) is 6. The second kappa shape index (κ2) is 12.9. The van der Waals surface area contributed by atoms with Crippen LogP contribution in [-0.2, 0) is 16.4 Å².